The van der Waals surface area contributed by atoms with Gasteiger partial charge in [-0.05, 0) is 55.6 Å². The van der Waals surface area contributed by atoms with Crippen LogP contribution in [0.25, 0.3) is 0 Å². The smallest absolute Gasteiger partial charge is 0.241 e. The van der Waals surface area contributed by atoms with Gasteiger partial charge in [-0.25, -0.2) is 13.1 Å². The first-order chi connectivity index (χ1) is 15.3. The molecule has 0 spiro atoms. The minimum Gasteiger partial charge on any atom is -0.415 e. The largest absolute Gasteiger partial charge is 0.415 e. The third kappa shape index (κ3) is 8.06. The fraction of sp³-hybridized carbons (Fsp3) is 0.556. The Labute approximate surface area is 203 Å². The van der Waals surface area contributed by atoms with Crippen molar-refractivity contribution in [3.63, 3.8) is 0 Å². The van der Waals surface area contributed by atoms with Crippen LogP contribution in [-0.2, 0) is 20.9 Å². The summed E-state index contributed by atoms with van der Waals surface area (Å²) in [7, 11) is -5.79. The van der Waals surface area contributed by atoms with Crippen LogP contribution in [0.4, 0.5) is 0 Å². The van der Waals surface area contributed by atoms with Gasteiger partial charge in [0.05, 0.1) is 17.0 Å². The second-order valence-electron chi connectivity index (χ2n) is 10.9. The molecule has 0 aliphatic heterocycles. The summed E-state index contributed by atoms with van der Waals surface area (Å²) in [6.07, 6.45) is 4.41. The number of unbranched alkanes of at least 4 members (excludes halogenated alkanes) is 2. The molecule has 0 unspecified atom stereocenters. The molecule has 0 amide bonds. The zero-order chi connectivity index (χ0) is 24.8. The predicted molar refractivity (Wildman–Crippen MR) is 142 cm³/mol. The van der Waals surface area contributed by atoms with E-state index in [4.69, 9.17) is 4.43 Å². The molecule has 33 heavy (non-hydrogen) atoms. The normalized spacial score (nSPS) is 14.8. The molecule has 4 nitrogen and oxygen atoms in total. The molecular weight excluding hydrogens is 446 g/mol. The zero-order valence-corrected chi connectivity index (χ0v) is 23.4. The fourth-order valence-corrected chi connectivity index (χ4v) is 6.11. The summed E-state index contributed by atoms with van der Waals surface area (Å²) in [5.41, 5.74) is 1.43. The minimum atomic E-state index is -3.71. The molecule has 1 atom stereocenters. The van der Waals surface area contributed by atoms with E-state index in [1.165, 1.54) is 0 Å². The van der Waals surface area contributed by atoms with Gasteiger partial charge in [0.15, 0.2) is 8.32 Å². The summed E-state index contributed by atoms with van der Waals surface area (Å²) in [6.45, 7) is 15.6. The molecule has 1 N–H and O–H groups in total. The van der Waals surface area contributed by atoms with E-state index in [1.54, 1.807) is 12.1 Å². The Bertz CT molecular complexity index is 967. The first kappa shape index (κ1) is 27.8. The van der Waals surface area contributed by atoms with Crippen molar-refractivity contribution in [3.05, 3.63) is 65.7 Å². The van der Waals surface area contributed by atoms with Crippen molar-refractivity contribution in [1.82, 2.24) is 4.72 Å². The highest BCUT2D eigenvalue weighted by Crippen LogP contribution is 2.38. The Morgan fingerprint density at radius 3 is 2.09 bits per heavy atom. The van der Waals surface area contributed by atoms with Crippen LogP contribution in [0.15, 0.2) is 59.5 Å². The molecule has 0 saturated heterocycles. The Balaban J connectivity index is 2.47. The second kappa shape index (κ2) is 11.3. The van der Waals surface area contributed by atoms with Gasteiger partial charge < -0.3 is 4.43 Å². The molecule has 6 heteroatoms. The summed E-state index contributed by atoms with van der Waals surface area (Å²) in [5, 5.41) is 0.0464. The van der Waals surface area contributed by atoms with Gasteiger partial charge in [0.25, 0.3) is 0 Å². The average Bonchev–Trinajstić information content (AvgIpc) is 2.72. The Morgan fingerprint density at radius 2 is 1.55 bits per heavy atom. The average molecular weight is 490 g/mol. The first-order valence-corrected chi connectivity index (χ1v) is 16.5. The van der Waals surface area contributed by atoms with E-state index in [-0.39, 0.29) is 5.04 Å². The molecule has 0 bridgehead atoms. The topological polar surface area (TPSA) is 55.4 Å². The third-order valence-corrected chi connectivity index (χ3v) is 12.9. The summed E-state index contributed by atoms with van der Waals surface area (Å²) >= 11 is 0. The van der Waals surface area contributed by atoms with Crippen LogP contribution in [0.2, 0.25) is 18.1 Å². The van der Waals surface area contributed by atoms with Crippen LogP contribution in [0, 0.1) is 6.92 Å². The minimum absolute atomic E-state index is 0.0464. The van der Waals surface area contributed by atoms with Gasteiger partial charge in [-0.15, -0.1) is 0 Å². The summed E-state index contributed by atoms with van der Waals surface area (Å²) in [6, 6.07) is 17.2. The highest BCUT2D eigenvalue weighted by molar-refractivity contribution is 7.89. The molecule has 0 heterocycles. The molecule has 0 aliphatic carbocycles. The molecule has 2 aromatic rings. The maximum atomic E-state index is 13.5. The lowest BCUT2D eigenvalue weighted by Gasteiger charge is -2.42. The molecule has 2 aromatic carbocycles. The van der Waals surface area contributed by atoms with Crippen LogP contribution in [0.3, 0.4) is 0 Å². The zero-order valence-electron chi connectivity index (χ0n) is 21.6. The van der Waals surface area contributed by atoms with Gasteiger partial charge >= 0.3 is 0 Å². The van der Waals surface area contributed by atoms with Gasteiger partial charge in [-0.3, -0.25) is 0 Å². The highest BCUT2D eigenvalue weighted by atomic mass is 32.2. The van der Waals surface area contributed by atoms with Gasteiger partial charge in [0, 0.05) is 0 Å². The molecule has 0 aromatic heterocycles. The monoisotopic (exact) mass is 489 g/mol. The van der Waals surface area contributed by atoms with E-state index >= 15 is 0 Å². The van der Waals surface area contributed by atoms with Crippen LogP contribution >= 0.6 is 0 Å². The van der Waals surface area contributed by atoms with Crippen molar-refractivity contribution in [2.75, 3.05) is 6.61 Å². The van der Waals surface area contributed by atoms with Gasteiger partial charge in [0.2, 0.25) is 10.0 Å². The SMILES string of the molecule is CCCCC[C@](CO[Si](C)(C)C(C)(C)C)(Cc1ccccc1)NS(=O)(=O)c1ccc(C)cc1. The Hall–Kier alpha value is -1.47. The van der Waals surface area contributed by atoms with E-state index in [9.17, 15) is 8.42 Å². The van der Waals surface area contributed by atoms with Gasteiger partial charge in [0.1, 0.15) is 0 Å². The summed E-state index contributed by atoms with van der Waals surface area (Å²) in [4.78, 5) is 0.299. The van der Waals surface area contributed by atoms with Crippen LogP contribution < -0.4 is 4.72 Å². The van der Waals surface area contributed by atoms with Crippen molar-refractivity contribution in [3.8, 4) is 0 Å². The molecule has 0 fully saturated rings. The quantitative estimate of drug-likeness (QED) is 0.262. The van der Waals surface area contributed by atoms with Crippen molar-refractivity contribution >= 4 is 18.3 Å². The van der Waals surface area contributed by atoms with Crippen LogP contribution in [0.1, 0.15) is 64.5 Å². The molecule has 184 valence electrons. The highest BCUT2D eigenvalue weighted by Gasteiger charge is 2.42. The molecule has 2 rings (SSSR count). The van der Waals surface area contributed by atoms with E-state index in [0.29, 0.717) is 17.9 Å². The standard InChI is InChI=1S/C27H43NO3SSi/c1-8-9-13-20-27(21-24-14-11-10-12-15-24,22-31-33(6,7)26(3,4)5)28-32(29,30)25-18-16-23(2)17-19-25/h10-12,14-19,28H,8-9,13,20-22H2,1-7H3/t27-/m1/s1. The molecular formula is C27H43NO3SSi. The third-order valence-electron chi connectivity index (χ3n) is 6.84. The lowest BCUT2D eigenvalue weighted by molar-refractivity contribution is 0.172. The Kier molecular flexibility index (Phi) is 9.51. The van der Waals surface area contributed by atoms with E-state index in [1.807, 2.05) is 37.3 Å². The van der Waals surface area contributed by atoms with Crippen LogP contribution in [0.5, 0.6) is 0 Å². The summed E-state index contributed by atoms with van der Waals surface area (Å²) in [5.74, 6) is 0. The number of aryl methyl sites for hydroxylation is 1. The molecule has 0 radical (unpaired) electrons. The molecule has 0 saturated carbocycles. The van der Waals surface area contributed by atoms with Crippen molar-refractivity contribution < 1.29 is 12.8 Å². The number of rotatable bonds is 12. The predicted octanol–water partition coefficient (Wildman–Crippen LogP) is 6.86. The number of benzene rings is 2. The lowest BCUT2D eigenvalue weighted by atomic mass is 9.87. The van der Waals surface area contributed by atoms with Crippen molar-refractivity contribution in [2.45, 2.75) is 95.3 Å². The maximum Gasteiger partial charge on any atom is 0.241 e. The fourth-order valence-electron chi connectivity index (χ4n) is 3.62. The van der Waals surface area contributed by atoms with E-state index in [2.05, 4.69) is 57.6 Å². The number of sulfonamides is 1. The van der Waals surface area contributed by atoms with Gasteiger partial charge in [-0.1, -0.05) is 95.0 Å². The van der Waals surface area contributed by atoms with Crippen LogP contribution in [-0.4, -0.2) is 28.9 Å². The number of hydrogen-bond acceptors (Lipinski definition) is 3. The van der Waals surface area contributed by atoms with Crippen molar-refractivity contribution in [2.24, 2.45) is 0 Å². The van der Waals surface area contributed by atoms with Gasteiger partial charge in [-0.2, -0.15) is 0 Å². The van der Waals surface area contributed by atoms with E-state index in [0.717, 1.165) is 36.8 Å². The van der Waals surface area contributed by atoms with Crippen molar-refractivity contribution in [1.29, 1.82) is 0 Å². The second-order valence-corrected chi connectivity index (χ2v) is 17.4. The number of hydrogen-bond donors (Lipinski definition) is 1. The number of nitrogens with one attached hydrogen (secondary N) is 1. The van der Waals surface area contributed by atoms with E-state index < -0.39 is 23.9 Å². The Morgan fingerprint density at radius 1 is 0.939 bits per heavy atom. The summed E-state index contributed by atoms with van der Waals surface area (Å²) < 4.78 is 36.9. The lowest BCUT2D eigenvalue weighted by Crippen LogP contribution is -2.56. The first-order valence-electron chi connectivity index (χ1n) is 12.1. The molecule has 0 aliphatic rings. The maximum absolute atomic E-state index is 13.5.